The fraction of sp³-hybridized carbons (Fsp3) is 0.429. The van der Waals surface area contributed by atoms with Crippen molar-refractivity contribution in [1.82, 2.24) is 0 Å². The molecule has 0 amide bonds. The Balaban J connectivity index is 1.55. The van der Waals surface area contributed by atoms with Gasteiger partial charge in [0.15, 0.2) is 5.79 Å². The van der Waals surface area contributed by atoms with Crippen molar-refractivity contribution in [2.24, 2.45) is 0 Å². The number of ether oxygens (including phenoxy) is 3. The molecule has 124 valence electrons. The molecule has 2 heterocycles. The zero-order valence-corrected chi connectivity index (χ0v) is 13.7. The molecule has 24 heavy (non-hydrogen) atoms. The zero-order valence-electron chi connectivity index (χ0n) is 13.7. The van der Waals surface area contributed by atoms with Gasteiger partial charge in [-0.1, -0.05) is 61.0 Å². The second-order valence-corrected chi connectivity index (χ2v) is 7.11. The standard InChI is InChI=1S/C21H22O3/c1-3-9-16(10-4-1)19-17-11-5-6-12-18(17)21(23-19)15-22-20(24-21)13-7-2-8-14-20/h1,3-6,9-12,19H,2,7-8,13-15H2. The van der Waals surface area contributed by atoms with Crippen LogP contribution >= 0.6 is 0 Å². The summed E-state index contributed by atoms with van der Waals surface area (Å²) in [5, 5.41) is 0. The summed E-state index contributed by atoms with van der Waals surface area (Å²) in [4.78, 5) is 0. The van der Waals surface area contributed by atoms with Gasteiger partial charge in [-0.25, -0.2) is 0 Å². The van der Waals surface area contributed by atoms with Crippen molar-refractivity contribution >= 4 is 0 Å². The number of fused-ring (bicyclic) bond motifs is 2. The summed E-state index contributed by atoms with van der Waals surface area (Å²) in [6, 6.07) is 18.8. The number of hydrogen-bond acceptors (Lipinski definition) is 3. The highest BCUT2D eigenvalue weighted by Gasteiger charge is 2.57. The Kier molecular flexibility index (Phi) is 3.30. The van der Waals surface area contributed by atoms with E-state index in [-0.39, 0.29) is 6.10 Å². The van der Waals surface area contributed by atoms with Gasteiger partial charge in [-0.05, 0) is 24.0 Å². The molecule has 1 saturated heterocycles. The van der Waals surface area contributed by atoms with E-state index in [0.29, 0.717) is 6.61 Å². The molecular weight excluding hydrogens is 300 g/mol. The van der Waals surface area contributed by atoms with Crippen LogP contribution in [0.3, 0.4) is 0 Å². The maximum absolute atomic E-state index is 6.57. The molecule has 2 atom stereocenters. The minimum atomic E-state index is -0.756. The summed E-state index contributed by atoms with van der Waals surface area (Å²) in [5.74, 6) is -1.20. The molecule has 2 aromatic carbocycles. The van der Waals surface area contributed by atoms with Crippen LogP contribution in [0, 0.1) is 0 Å². The summed E-state index contributed by atoms with van der Waals surface area (Å²) < 4.78 is 19.3. The van der Waals surface area contributed by atoms with Crippen molar-refractivity contribution in [2.45, 2.75) is 49.8 Å². The minimum Gasteiger partial charge on any atom is -0.344 e. The molecule has 2 fully saturated rings. The molecular formula is C21H22O3. The Morgan fingerprint density at radius 1 is 0.833 bits per heavy atom. The molecule has 1 saturated carbocycles. The first-order chi connectivity index (χ1) is 11.8. The molecule has 3 aliphatic rings. The van der Waals surface area contributed by atoms with E-state index >= 15 is 0 Å². The van der Waals surface area contributed by atoms with Crippen molar-refractivity contribution in [3.63, 3.8) is 0 Å². The predicted octanol–water partition coefficient (Wildman–Crippen LogP) is 4.67. The Morgan fingerprint density at radius 3 is 2.42 bits per heavy atom. The van der Waals surface area contributed by atoms with Crippen LogP contribution in [0.1, 0.15) is 54.9 Å². The van der Waals surface area contributed by atoms with Crippen LogP contribution in [0.25, 0.3) is 0 Å². The molecule has 0 bridgehead atoms. The number of hydrogen-bond donors (Lipinski definition) is 0. The number of rotatable bonds is 1. The maximum Gasteiger partial charge on any atom is 0.223 e. The smallest absolute Gasteiger partial charge is 0.223 e. The van der Waals surface area contributed by atoms with E-state index < -0.39 is 11.6 Å². The second-order valence-electron chi connectivity index (χ2n) is 7.11. The first kappa shape index (κ1) is 14.6. The summed E-state index contributed by atoms with van der Waals surface area (Å²) >= 11 is 0. The normalized spacial score (nSPS) is 30.8. The lowest BCUT2D eigenvalue weighted by Crippen LogP contribution is -2.36. The number of benzene rings is 2. The fourth-order valence-electron chi connectivity index (χ4n) is 4.38. The third kappa shape index (κ3) is 2.16. The van der Waals surface area contributed by atoms with Gasteiger partial charge in [0, 0.05) is 18.4 Å². The van der Waals surface area contributed by atoms with Crippen molar-refractivity contribution in [3.8, 4) is 0 Å². The molecule has 2 unspecified atom stereocenters. The van der Waals surface area contributed by atoms with Gasteiger partial charge in [0.25, 0.3) is 0 Å². The van der Waals surface area contributed by atoms with Crippen molar-refractivity contribution in [1.29, 1.82) is 0 Å². The molecule has 1 aliphatic carbocycles. The fourth-order valence-corrected chi connectivity index (χ4v) is 4.38. The molecule has 2 spiro atoms. The van der Waals surface area contributed by atoms with Gasteiger partial charge in [-0.3, -0.25) is 0 Å². The lowest BCUT2D eigenvalue weighted by Gasteiger charge is -2.33. The van der Waals surface area contributed by atoms with Crippen LogP contribution in [0.15, 0.2) is 54.6 Å². The van der Waals surface area contributed by atoms with Gasteiger partial charge in [0.05, 0.1) is 0 Å². The van der Waals surface area contributed by atoms with Crippen LogP contribution in [-0.2, 0) is 20.0 Å². The first-order valence-corrected chi connectivity index (χ1v) is 8.97. The van der Waals surface area contributed by atoms with E-state index in [0.717, 1.165) is 24.0 Å². The lowest BCUT2D eigenvalue weighted by molar-refractivity contribution is -0.281. The van der Waals surface area contributed by atoms with Crippen molar-refractivity contribution in [3.05, 3.63) is 71.3 Å². The summed E-state index contributed by atoms with van der Waals surface area (Å²) in [6.07, 6.45) is 5.45. The van der Waals surface area contributed by atoms with Gasteiger partial charge >= 0.3 is 0 Å². The highest BCUT2D eigenvalue weighted by molar-refractivity contribution is 5.42. The molecule has 0 radical (unpaired) electrons. The van der Waals surface area contributed by atoms with E-state index in [2.05, 4.69) is 48.5 Å². The van der Waals surface area contributed by atoms with E-state index in [9.17, 15) is 0 Å². The zero-order chi connectivity index (χ0) is 16.0. The average molecular weight is 322 g/mol. The van der Waals surface area contributed by atoms with E-state index in [4.69, 9.17) is 14.2 Å². The summed E-state index contributed by atoms with van der Waals surface area (Å²) in [7, 11) is 0. The molecule has 5 rings (SSSR count). The van der Waals surface area contributed by atoms with Crippen molar-refractivity contribution < 1.29 is 14.2 Å². The molecule has 2 aromatic rings. The van der Waals surface area contributed by atoms with Gasteiger partial charge in [0.2, 0.25) is 5.79 Å². The Hall–Kier alpha value is -1.68. The quantitative estimate of drug-likeness (QED) is 0.764. The van der Waals surface area contributed by atoms with Gasteiger partial charge in [0.1, 0.15) is 12.7 Å². The van der Waals surface area contributed by atoms with Crippen LogP contribution in [0.2, 0.25) is 0 Å². The van der Waals surface area contributed by atoms with Crippen LogP contribution in [0.4, 0.5) is 0 Å². The lowest BCUT2D eigenvalue weighted by atomic mass is 9.94. The monoisotopic (exact) mass is 322 g/mol. The Morgan fingerprint density at radius 2 is 1.58 bits per heavy atom. The van der Waals surface area contributed by atoms with E-state index in [1.807, 2.05) is 6.07 Å². The molecule has 2 aliphatic heterocycles. The molecule has 3 heteroatoms. The predicted molar refractivity (Wildman–Crippen MR) is 90.3 cm³/mol. The van der Waals surface area contributed by atoms with Crippen LogP contribution in [-0.4, -0.2) is 12.4 Å². The summed E-state index contributed by atoms with van der Waals surface area (Å²) in [6.45, 7) is 0.480. The second kappa shape index (κ2) is 5.41. The molecule has 3 nitrogen and oxygen atoms in total. The third-order valence-corrected chi connectivity index (χ3v) is 5.56. The third-order valence-electron chi connectivity index (χ3n) is 5.56. The maximum atomic E-state index is 6.57. The first-order valence-electron chi connectivity index (χ1n) is 8.97. The Bertz CT molecular complexity index is 736. The van der Waals surface area contributed by atoms with Gasteiger partial charge in [-0.2, -0.15) is 0 Å². The molecule has 0 N–H and O–H groups in total. The average Bonchev–Trinajstić information content (AvgIpc) is 3.16. The van der Waals surface area contributed by atoms with Gasteiger partial charge < -0.3 is 14.2 Å². The van der Waals surface area contributed by atoms with E-state index in [1.165, 1.54) is 24.8 Å². The van der Waals surface area contributed by atoms with Crippen LogP contribution < -0.4 is 0 Å². The largest absolute Gasteiger partial charge is 0.344 e. The highest BCUT2D eigenvalue weighted by Crippen LogP contribution is 2.54. The Labute approximate surface area is 142 Å². The van der Waals surface area contributed by atoms with Gasteiger partial charge in [-0.15, -0.1) is 0 Å². The van der Waals surface area contributed by atoms with Crippen molar-refractivity contribution in [2.75, 3.05) is 6.61 Å². The minimum absolute atomic E-state index is 0.0928. The van der Waals surface area contributed by atoms with E-state index in [1.54, 1.807) is 0 Å². The topological polar surface area (TPSA) is 27.7 Å². The van der Waals surface area contributed by atoms with Crippen LogP contribution in [0.5, 0.6) is 0 Å². The SMILES string of the molecule is c1ccc(C2OC3(COC4(CCCCC4)O3)c3ccccc32)cc1. The summed E-state index contributed by atoms with van der Waals surface area (Å²) in [5.41, 5.74) is 3.48. The molecule has 0 aromatic heterocycles. The highest BCUT2D eigenvalue weighted by atomic mass is 16.8.